The quantitative estimate of drug-likeness (QED) is 0.734. The van der Waals surface area contributed by atoms with Crippen LogP contribution in [0.25, 0.3) is 0 Å². The van der Waals surface area contributed by atoms with Gasteiger partial charge in [0, 0.05) is 24.0 Å². The number of amides is 4. The Balaban J connectivity index is 1.63. The molecule has 7 nitrogen and oxygen atoms in total. The Kier molecular flexibility index (Phi) is 4.10. The minimum atomic E-state index is -0.864. The number of carbonyl (C=O) groups excluding carboxylic acids is 3. The standard InChI is InChI=1S/C17H27N3O4/c1-5-17(6-2)14(22)20(15(23)19-17)9-11(21)18-12-10-7-8-24-13(10)16(12,3)4/h10,12-13H,5-9H2,1-4H3,(H,18,21)(H,19,23)/t10-,12+,13+/m0/s1. The largest absolute Gasteiger partial charge is 0.377 e. The van der Waals surface area contributed by atoms with Crippen LogP contribution in [0.1, 0.15) is 47.0 Å². The van der Waals surface area contributed by atoms with Gasteiger partial charge >= 0.3 is 6.03 Å². The lowest BCUT2D eigenvalue weighted by Gasteiger charge is -2.54. The van der Waals surface area contributed by atoms with Crippen molar-refractivity contribution in [3.05, 3.63) is 0 Å². The van der Waals surface area contributed by atoms with Gasteiger partial charge in [0.15, 0.2) is 0 Å². The summed E-state index contributed by atoms with van der Waals surface area (Å²) in [4.78, 5) is 38.2. The highest BCUT2D eigenvalue weighted by atomic mass is 16.5. The molecule has 0 aromatic rings. The van der Waals surface area contributed by atoms with Crippen molar-refractivity contribution in [2.75, 3.05) is 13.2 Å². The van der Waals surface area contributed by atoms with Crippen LogP contribution >= 0.6 is 0 Å². The van der Waals surface area contributed by atoms with Crippen LogP contribution in [0.3, 0.4) is 0 Å². The highest BCUT2D eigenvalue weighted by Gasteiger charge is 2.60. The zero-order chi connectivity index (χ0) is 17.7. The Morgan fingerprint density at radius 3 is 2.58 bits per heavy atom. The molecule has 0 unspecified atom stereocenters. The lowest BCUT2D eigenvalue weighted by atomic mass is 9.57. The Bertz CT molecular complexity index is 570. The number of fused-ring (bicyclic) bond motifs is 1. The van der Waals surface area contributed by atoms with Gasteiger partial charge in [0.2, 0.25) is 5.91 Å². The highest BCUT2D eigenvalue weighted by Crippen LogP contribution is 2.52. The number of rotatable bonds is 5. The van der Waals surface area contributed by atoms with Gasteiger partial charge in [0.1, 0.15) is 12.1 Å². The Morgan fingerprint density at radius 1 is 1.33 bits per heavy atom. The average Bonchev–Trinajstić information content (AvgIpc) is 3.10. The van der Waals surface area contributed by atoms with Crippen molar-refractivity contribution >= 4 is 17.8 Å². The van der Waals surface area contributed by atoms with Crippen molar-refractivity contribution < 1.29 is 19.1 Å². The van der Waals surface area contributed by atoms with E-state index < -0.39 is 11.6 Å². The maximum absolute atomic E-state index is 12.6. The highest BCUT2D eigenvalue weighted by molar-refractivity contribution is 6.09. The summed E-state index contributed by atoms with van der Waals surface area (Å²) >= 11 is 0. The number of hydrogen-bond acceptors (Lipinski definition) is 4. The molecule has 3 fully saturated rings. The predicted octanol–water partition coefficient (Wildman–Crippen LogP) is 1.03. The van der Waals surface area contributed by atoms with Gasteiger partial charge in [-0.2, -0.15) is 0 Å². The molecule has 7 heteroatoms. The molecule has 0 radical (unpaired) electrons. The number of urea groups is 1. The molecule has 2 N–H and O–H groups in total. The third-order valence-electron chi connectivity index (χ3n) is 6.17. The Hall–Kier alpha value is -1.63. The Morgan fingerprint density at radius 2 is 2.00 bits per heavy atom. The second-order valence-corrected chi connectivity index (χ2v) is 7.72. The third-order valence-corrected chi connectivity index (χ3v) is 6.17. The number of nitrogens with zero attached hydrogens (tertiary/aromatic N) is 1. The number of nitrogens with one attached hydrogen (secondary N) is 2. The van der Waals surface area contributed by atoms with Gasteiger partial charge < -0.3 is 15.4 Å². The molecule has 1 aliphatic carbocycles. The summed E-state index contributed by atoms with van der Waals surface area (Å²) in [6, 6.07) is -0.450. The topological polar surface area (TPSA) is 87.7 Å². The van der Waals surface area contributed by atoms with E-state index in [1.165, 1.54) is 0 Å². The van der Waals surface area contributed by atoms with E-state index in [0.29, 0.717) is 18.8 Å². The van der Waals surface area contributed by atoms with Crippen LogP contribution in [-0.2, 0) is 14.3 Å². The second-order valence-electron chi connectivity index (χ2n) is 7.72. The van der Waals surface area contributed by atoms with E-state index in [1.54, 1.807) is 0 Å². The number of ether oxygens (including phenoxy) is 1. The van der Waals surface area contributed by atoms with Crippen molar-refractivity contribution in [3.63, 3.8) is 0 Å². The molecule has 2 aliphatic heterocycles. The SMILES string of the molecule is CCC1(CC)NC(=O)N(CC(=O)N[C@@H]2[C@@H]3CCO[C@H]3C2(C)C)C1=O. The maximum atomic E-state index is 12.6. The summed E-state index contributed by atoms with van der Waals surface area (Å²) in [6.45, 7) is 8.39. The van der Waals surface area contributed by atoms with Crippen molar-refractivity contribution in [1.29, 1.82) is 0 Å². The molecule has 134 valence electrons. The summed E-state index contributed by atoms with van der Waals surface area (Å²) in [5.41, 5.74) is -0.984. The lowest BCUT2D eigenvalue weighted by molar-refractivity contribution is -0.142. The Labute approximate surface area is 142 Å². The molecule has 0 aromatic heterocycles. The van der Waals surface area contributed by atoms with Gasteiger partial charge in [-0.1, -0.05) is 27.7 Å². The normalized spacial score (nSPS) is 33.0. The van der Waals surface area contributed by atoms with Crippen LogP contribution in [0.5, 0.6) is 0 Å². The summed E-state index contributed by atoms with van der Waals surface area (Å²) in [6.07, 6.45) is 2.16. The predicted molar refractivity (Wildman–Crippen MR) is 87.1 cm³/mol. The molecule has 3 aliphatic rings. The van der Waals surface area contributed by atoms with E-state index in [4.69, 9.17) is 4.74 Å². The van der Waals surface area contributed by atoms with Crippen molar-refractivity contribution in [3.8, 4) is 0 Å². The van der Waals surface area contributed by atoms with Crippen LogP contribution in [0.15, 0.2) is 0 Å². The maximum Gasteiger partial charge on any atom is 0.325 e. The van der Waals surface area contributed by atoms with Gasteiger partial charge in [0.05, 0.1) is 6.10 Å². The van der Waals surface area contributed by atoms with Crippen LogP contribution in [0.2, 0.25) is 0 Å². The van der Waals surface area contributed by atoms with Gasteiger partial charge in [-0.05, 0) is 19.3 Å². The van der Waals surface area contributed by atoms with E-state index in [0.717, 1.165) is 17.9 Å². The molecule has 1 saturated carbocycles. The minimum absolute atomic E-state index is 0.0281. The van der Waals surface area contributed by atoms with Gasteiger partial charge in [-0.25, -0.2) is 4.79 Å². The van der Waals surface area contributed by atoms with Crippen LogP contribution in [0, 0.1) is 11.3 Å². The summed E-state index contributed by atoms with van der Waals surface area (Å²) in [5, 5.41) is 5.76. The van der Waals surface area contributed by atoms with Gasteiger partial charge in [0.25, 0.3) is 5.91 Å². The molecular weight excluding hydrogens is 310 g/mol. The number of carbonyl (C=O) groups is 3. The molecule has 0 bridgehead atoms. The lowest BCUT2D eigenvalue weighted by Crippen LogP contribution is -2.67. The molecule has 0 aromatic carbocycles. The molecule has 2 saturated heterocycles. The van der Waals surface area contributed by atoms with Crippen LogP contribution in [-0.4, -0.2) is 53.6 Å². The van der Waals surface area contributed by atoms with Crippen molar-refractivity contribution in [1.82, 2.24) is 15.5 Å². The fourth-order valence-electron chi connectivity index (χ4n) is 4.53. The fourth-order valence-corrected chi connectivity index (χ4v) is 4.53. The van der Waals surface area contributed by atoms with E-state index in [2.05, 4.69) is 24.5 Å². The molecular formula is C17H27N3O4. The summed E-state index contributed by atoms with van der Waals surface area (Å²) in [5.74, 6) is -0.259. The summed E-state index contributed by atoms with van der Waals surface area (Å²) in [7, 11) is 0. The zero-order valence-electron chi connectivity index (χ0n) is 14.8. The first-order valence-electron chi connectivity index (χ1n) is 8.82. The van der Waals surface area contributed by atoms with Crippen LogP contribution in [0.4, 0.5) is 4.79 Å². The van der Waals surface area contributed by atoms with Gasteiger partial charge in [-0.15, -0.1) is 0 Å². The number of imide groups is 1. The van der Waals surface area contributed by atoms with E-state index in [-0.39, 0.29) is 35.9 Å². The monoisotopic (exact) mass is 337 g/mol. The third kappa shape index (κ3) is 2.32. The van der Waals surface area contributed by atoms with Crippen LogP contribution < -0.4 is 10.6 Å². The van der Waals surface area contributed by atoms with E-state index in [1.807, 2.05) is 13.8 Å². The molecule has 2 heterocycles. The zero-order valence-corrected chi connectivity index (χ0v) is 14.8. The fraction of sp³-hybridized carbons (Fsp3) is 0.824. The second kappa shape index (κ2) is 5.72. The minimum Gasteiger partial charge on any atom is -0.377 e. The van der Waals surface area contributed by atoms with Gasteiger partial charge in [-0.3, -0.25) is 14.5 Å². The molecule has 3 atom stereocenters. The molecule has 24 heavy (non-hydrogen) atoms. The first-order valence-corrected chi connectivity index (χ1v) is 8.82. The molecule has 0 spiro atoms. The van der Waals surface area contributed by atoms with Crippen molar-refractivity contribution in [2.45, 2.75) is 64.6 Å². The average molecular weight is 337 g/mol. The van der Waals surface area contributed by atoms with Crippen molar-refractivity contribution in [2.24, 2.45) is 11.3 Å². The molecule has 4 amide bonds. The molecule has 3 rings (SSSR count). The number of hydrogen-bond donors (Lipinski definition) is 2. The van der Waals surface area contributed by atoms with E-state index >= 15 is 0 Å². The smallest absolute Gasteiger partial charge is 0.325 e. The first kappa shape index (κ1) is 17.2. The van der Waals surface area contributed by atoms with E-state index in [9.17, 15) is 14.4 Å². The first-order chi connectivity index (χ1) is 11.3. The summed E-state index contributed by atoms with van der Waals surface area (Å²) < 4.78 is 5.72.